The lowest BCUT2D eigenvalue weighted by Gasteiger charge is -2.01. The minimum atomic E-state index is 0.0451. The van der Waals surface area contributed by atoms with Gasteiger partial charge in [-0.25, -0.2) is 0 Å². The molecule has 0 atom stereocenters. The third kappa shape index (κ3) is 2.34. The fraction of sp³-hybridized carbons (Fsp3) is 0.154. The first-order valence-electron chi connectivity index (χ1n) is 4.94. The van der Waals surface area contributed by atoms with Gasteiger partial charge in [-0.15, -0.1) is 11.3 Å². The SMILES string of the molecule is Cc1cc(Cl)cc(C(=O)c2ccc(C)s2)c1. The van der Waals surface area contributed by atoms with Crippen LogP contribution < -0.4 is 0 Å². The summed E-state index contributed by atoms with van der Waals surface area (Å²) in [5, 5.41) is 0.608. The van der Waals surface area contributed by atoms with Gasteiger partial charge < -0.3 is 0 Å². The van der Waals surface area contributed by atoms with E-state index in [-0.39, 0.29) is 5.78 Å². The molecule has 0 radical (unpaired) electrons. The summed E-state index contributed by atoms with van der Waals surface area (Å²) in [6.07, 6.45) is 0. The molecule has 0 spiro atoms. The van der Waals surface area contributed by atoms with Gasteiger partial charge in [0.25, 0.3) is 0 Å². The lowest BCUT2D eigenvalue weighted by Crippen LogP contribution is -1.98. The van der Waals surface area contributed by atoms with Crippen molar-refractivity contribution in [3.8, 4) is 0 Å². The first-order chi connectivity index (χ1) is 7.56. The molecule has 1 nitrogen and oxygen atoms in total. The maximum atomic E-state index is 12.1. The van der Waals surface area contributed by atoms with E-state index in [9.17, 15) is 4.79 Å². The Bertz CT molecular complexity index is 522. The highest BCUT2D eigenvalue weighted by molar-refractivity contribution is 7.14. The lowest BCUT2D eigenvalue weighted by atomic mass is 10.1. The molecule has 1 aromatic heterocycles. The van der Waals surface area contributed by atoms with Crippen LogP contribution in [0.25, 0.3) is 0 Å². The molecule has 1 heterocycles. The Kier molecular flexibility index (Phi) is 3.13. The van der Waals surface area contributed by atoms with Crippen LogP contribution in [0.15, 0.2) is 30.3 Å². The third-order valence-corrected chi connectivity index (χ3v) is 3.49. The number of ketones is 1. The zero-order valence-corrected chi connectivity index (χ0v) is 10.7. The Morgan fingerprint density at radius 1 is 1.19 bits per heavy atom. The number of rotatable bonds is 2. The smallest absolute Gasteiger partial charge is 0.203 e. The summed E-state index contributed by atoms with van der Waals surface area (Å²) in [6.45, 7) is 3.92. The van der Waals surface area contributed by atoms with Gasteiger partial charge in [0.05, 0.1) is 4.88 Å². The number of carbonyl (C=O) groups is 1. The number of hydrogen-bond acceptors (Lipinski definition) is 2. The number of hydrogen-bond donors (Lipinski definition) is 0. The van der Waals surface area contributed by atoms with Gasteiger partial charge in [-0.3, -0.25) is 4.79 Å². The minimum Gasteiger partial charge on any atom is -0.288 e. The highest BCUT2D eigenvalue weighted by atomic mass is 35.5. The molecule has 0 bridgehead atoms. The van der Waals surface area contributed by atoms with Crippen molar-refractivity contribution in [1.29, 1.82) is 0 Å². The molecule has 3 heteroatoms. The van der Waals surface area contributed by atoms with E-state index in [0.717, 1.165) is 15.3 Å². The molecule has 82 valence electrons. The number of aryl methyl sites for hydroxylation is 2. The van der Waals surface area contributed by atoms with Crippen molar-refractivity contribution in [2.45, 2.75) is 13.8 Å². The van der Waals surface area contributed by atoms with Crippen molar-refractivity contribution >= 4 is 28.7 Å². The molecule has 0 unspecified atom stereocenters. The van der Waals surface area contributed by atoms with Crippen LogP contribution in [-0.4, -0.2) is 5.78 Å². The zero-order chi connectivity index (χ0) is 11.7. The maximum absolute atomic E-state index is 12.1. The first-order valence-corrected chi connectivity index (χ1v) is 6.14. The van der Waals surface area contributed by atoms with Gasteiger partial charge >= 0.3 is 0 Å². The Hall–Kier alpha value is -1.12. The number of thiophene rings is 1. The van der Waals surface area contributed by atoms with Crippen LogP contribution in [0, 0.1) is 13.8 Å². The predicted molar refractivity (Wildman–Crippen MR) is 68.7 cm³/mol. The van der Waals surface area contributed by atoms with Crippen LogP contribution in [0.2, 0.25) is 5.02 Å². The average molecular weight is 251 g/mol. The van der Waals surface area contributed by atoms with E-state index in [1.807, 2.05) is 38.1 Å². The molecule has 0 saturated carbocycles. The Morgan fingerprint density at radius 2 is 1.94 bits per heavy atom. The number of carbonyl (C=O) groups excluding carboxylic acids is 1. The molecule has 0 N–H and O–H groups in total. The van der Waals surface area contributed by atoms with E-state index in [1.165, 1.54) is 11.3 Å². The second kappa shape index (κ2) is 4.40. The van der Waals surface area contributed by atoms with Gasteiger partial charge in [0.2, 0.25) is 5.78 Å². The van der Waals surface area contributed by atoms with Gasteiger partial charge in [0, 0.05) is 15.5 Å². The van der Waals surface area contributed by atoms with Gasteiger partial charge in [0.15, 0.2) is 0 Å². The molecular weight excluding hydrogens is 240 g/mol. The average Bonchev–Trinajstić information content (AvgIpc) is 2.62. The second-order valence-electron chi connectivity index (χ2n) is 3.76. The van der Waals surface area contributed by atoms with Crippen molar-refractivity contribution in [3.05, 3.63) is 56.2 Å². The third-order valence-electron chi connectivity index (χ3n) is 2.27. The normalized spacial score (nSPS) is 10.4. The highest BCUT2D eigenvalue weighted by Gasteiger charge is 2.11. The van der Waals surface area contributed by atoms with Crippen LogP contribution in [0.1, 0.15) is 25.7 Å². The van der Waals surface area contributed by atoms with Gasteiger partial charge in [-0.05, 0) is 49.7 Å². The number of benzene rings is 1. The summed E-state index contributed by atoms with van der Waals surface area (Å²) < 4.78 is 0. The molecule has 0 aliphatic rings. The minimum absolute atomic E-state index is 0.0451. The van der Waals surface area contributed by atoms with Crippen LogP contribution >= 0.6 is 22.9 Å². The summed E-state index contributed by atoms with van der Waals surface area (Å²) in [5.74, 6) is 0.0451. The molecule has 0 saturated heterocycles. The maximum Gasteiger partial charge on any atom is 0.203 e. The fourth-order valence-electron chi connectivity index (χ4n) is 1.57. The monoisotopic (exact) mass is 250 g/mol. The Labute approximate surface area is 104 Å². The summed E-state index contributed by atoms with van der Waals surface area (Å²) in [4.78, 5) is 14.0. The summed E-state index contributed by atoms with van der Waals surface area (Å²) in [5.41, 5.74) is 1.66. The summed E-state index contributed by atoms with van der Waals surface area (Å²) in [7, 11) is 0. The van der Waals surface area contributed by atoms with Crippen molar-refractivity contribution in [2.24, 2.45) is 0 Å². The second-order valence-corrected chi connectivity index (χ2v) is 5.48. The molecule has 0 fully saturated rings. The van der Waals surface area contributed by atoms with Crippen molar-refractivity contribution in [3.63, 3.8) is 0 Å². The molecular formula is C13H11ClOS. The molecule has 16 heavy (non-hydrogen) atoms. The summed E-state index contributed by atoms with van der Waals surface area (Å²) >= 11 is 7.45. The van der Waals surface area contributed by atoms with Gasteiger partial charge in [-0.2, -0.15) is 0 Å². The van der Waals surface area contributed by atoms with E-state index in [4.69, 9.17) is 11.6 Å². The van der Waals surface area contributed by atoms with Crippen LogP contribution in [0.5, 0.6) is 0 Å². The molecule has 0 aliphatic carbocycles. The van der Waals surface area contributed by atoms with E-state index < -0.39 is 0 Å². The quantitative estimate of drug-likeness (QED) is 0.729. The molecule has 0 aliphatic heterocycles. The zero-order valence-electron chi connectivity index (χ0n) is 9.08. The Balaban J connectivity index is 2.41. The van der Waals surface area contributed by atoms with E-state index in [2.05, 4.69) is 0 Å². The Morgan fingerprint density at radius 3 is 2.50 bits per heavy atom. The molecule has 2 rings (SSSR count). The van der Waals surface area contributed by atoms with Crippen LogP contribution in [-0.2, 0) is 0 Å². The predicted octanol–water partition coefficient (Wildman–Crippen LogP) is 4.25. The van der Waals surface area contributed by atoms with E-state index >= 15 is 0 Å². The lowest BCUT2D eigenvalue weighted by molar-refractivity contribution is 0.104. The first kappa shape index (κ1) is 11.4. The molecule has 2 aromatic rings. The van der Waals surface area contributed by atoms with Crippen molar-refractivity contribution in [1.82, 2.24) is 0 Å². The van der Waals surface area contributed by atoms with Crippen molar-refractivity contribution in [2.75, 3.05) is 0 Å². The van der Waals surface area contributed by atoms with Crippen LogP contribution in [0.3, 0.4) is 0 Å². The van der Waals surface area contributed by atoms with E-state index in [1.54, 1.807) is 6.07 Å². The molecule has 0 amide bonds. The van der Waals surface area contributed by atoms with Gasteiger partial charge in [0.1, 0.15) is 0 Å². The largest absolute Gasteiger partial charge is 0.288 e. The molecule has 1 aromatic carbocycles. The number of halogens is 1. The van der Waals surface area contributed by atoms with Crippen LogP contribution in [0.4, 0.5) is 0 Å². The van der Waals surface area contributed by atoms with E-state index in [0.29, 0.717) is 10.6 Å². The van der Waals surface area contributed by atoms with Gasteiger partial charge in [-0.1, -0.05) is 11.6 Å². The fourth-order valence-corrected chi connectivity index (χ4v) is 2.69. The standard InChI is InChI=1S/C13H11ClOS/c1-8-5-10(7-11(14)6-8)13(15)12-4-3-9(2)16-12/h3-7H,1-2H3. The highest BCUT2D eigenvalue weighted by Crippen LogP contribution is 2.22. The topological polar surface area (TPSA) is 17.1 Å². The van der Waals surface area contributed by atoms with Crippen molar-refractivity contribution < 1.29 is 4.79 Å². The summed E-state index contributed by atoms with van der Waals surface area (Å²) in [6, 6.07) is 9.24.